The predicted octanol–water partition coefficient (Wildman–Crippen LogP) is -0.865. The number of carbonyl (C=O) groups excluding carboxylic acids is 1. The fourth-order valence-corrected chi connectivity index (χ4v) is 0.800. The number of tetrazole rings is 1. The van der Waals surface area contributed by atoms with Gasteiger partial charge in [-0.25, -0.2) is 4.79 Å². The number of amides is 1. The van der Waals surface area contributed by atoms with Gasteiger partial charge in [0.05, 0.1) is 0 Å². The van der Waals surface area contributed by atoms with Crippen LogP contribution in [0.25, 0.3) is 0 Å². The van der Waals surface area contributed by atoms with Crippen LogP contribution in [0.2, 0.25) is 0 Å². The lowest BCUT2D eigenvalue weighted by Crippen LogP contribution is -2.51. The van der Waals surface area contributed by atoms with Crippen LogP contribution in [0.5, 0.6) is 0 Å². The summed E-state index contributed by atoms with van der Waals surface area (Å²) in [5, 5.41) is 21.2. The lowest BCUT2D eigenvalue weighted by Gasteiger charge is -2.30. The van der Waals surface area contributed by atoms with Gasteiger partial charge in [-0.3, -0.25) is 4.79 Å². The molecule has 1 heterocycles. The van der Waals surface area contributed by atoms with E-state index >= 15 is 0 Å². The number of aliphatic carboxylic acids is 1. The first kappa shape index (κ1) is 11.1. The van der Waals surface area contributed by atoms with E-state index in [9.17, 15) is 9.59 Å². The fourth-order valence-electron chi connectivity index (χ4n) is 0.800. The zero-order valence-corrected chi connectivity index (χ0v) is 8.55. The molecule has 1 rings (SSSR count). The van der Waals surface area contributed by atoms with E-state index in [0.717, 1.165) is 4.90 Å². The predicted molar refractivity (Wildman–Crippen MR) is 48.0 cm³/mol. The molecule has 1 aromatic heterocycles. The molecule has 0 aliphatic carbocycles. The number of carboxylic acids is 1. The maximum absolute atomic E-state index is 11.6. The number of aromatic nitrogens is 4. The lowest BCUT2D eigenvalue weighted by atomic mass is 10.0. The van der Waals surface area contributed by atoms with Gasteiger partial charge in [0.15, 0.2) is 0 Å². The number of H-pyrrole nitrogens is 1. The minimum Gasteiger partial charge on any atom is -0.480 e. The number of nitrogens with one attached hydrogen (secondary N) is 1. The number of carbonyl (C=O) groups is 2. The lowest BCUT2D eigenvalue weighted by molar-refractivity contribution is -0.147. The van der Waals surface area contributed by atoms with Crippen molar-refractivity contribution in [3.05, 3.63) is 5.82 Å². The highest BCUT2D eigenvalue weighted by molar-refractivity contribution is 5.94. The second-order valence-corrected chi connectivity index (χ2v) is 3.46. The van der Waals surface area contributed by atoms with Crippen molar-refractivity contribution >= 4 is 11.9 Å². The van der Waals surface area contributed by atoms with Gasteiger partial charge in [-0.05, 0) is 19.1 Å². The summed E-state index contributed by atoms with van der Waals surface area (Å²) < 4.78 is 0. The zero-order chi connectivity index (χ0) is 11.6. The Hall–Kier alpha value is -1.99. The van der Waals surface area contributed by atoms with Crippen molar-refractivity contribution in [3.63, 3.8) is 0 Å². The van der Waals surface area contributed by atoms with Gasteiger partial charge in [-0.15, -0.1) is 10.2 Å². The number of rotatable bonds is 3. The molecule has 8 heteroatoms. The van der Waals surface area contributed by atoms with E-state index in [1.165, 1.54) is 20.9 Å². The van der Waals surface area contributed by atoms with E-state index in [4.69, 9.17) is 5.11 Å². The first-order valence-electron chi connectivity index (χ1n) is 4.12. The minimum absolute atomic E-state index is 0.160. The third-order valence-corrected chi connectivity index (χ3v) is 2.20. The Morgan fingerprint density at radius 1 is 1.47 bits per heavy atom. The molecule has 0 saturated heterocycles. The average molecular weight is 213 g/mol. The first-order chi connectivity index (χ1) is 6.87. The summed E-state index contributed by atoms with van der Waals surface area (Å²) in [5.74, 6) is -1.87. The van der Waals surface area contributed by atoms with Crippen LogP contribution >= 0.6 is 0 Å². The Labute approximate surface area is 85.3 Å². The van der Waals surface area contributed by atoms with Crippen LogP contribution < -0.4 is 0 Å². The molecule has 0 aliphatic heterocycles. The highest BCUT2D eigenvalue weighted by Gasteiger charge is 2.36. The number of nitrogens with zero attached hydrogens (tertiary/aromatic N) is 4. The highest BCUT2D eigenvalue weighted by Crippen LogP contribution is 2.14. The number of aromatic amines is 1. The molecule has 0 spiro atoms. The largest absolute Gasteiger partial charge is 0.480 e. The van der Waals surface area contributed by atoms with E-state index in [1.807, 2.05) is 0 Å². The molecule has 0 saturated carbocycles. The van der Waals surface area contributed by atoms with Gasteiger partial charge in [-0.2, -0.15) is 5.21 Å². The Balaban J connectivity index is 2.91. The topological polar surface area (TPSA) is 112 Å². The molecule has 8 nitrogen and oxygen atoms in total. The molecule has 0 radical (unpaired) electrons. The normalized spacial score (nSPS) is 11.1. The zero-order valence-electron chi connectivity index (χ0n) is 8.55. The molecule has 15 heavy (non-hydrogen) atoms. The van der Waals surface area contributed by atoms with Crippen molar-refractivity contribution < 1.29 is 14.7 Å². The molecule has 1 amide bonds. The van der Waals surface area contributed by atoms with E-state index in [2.05, 4.69) is 20.6 Å². The van der Waals surface area contributed by atoms with Crippen LogP contribution in [0.1, 0.15) is 24.5 Å². The van der Waals surface area contributed by atoms with Gasteiger partial charge < -0.3 is 10.0 Å². The molecule has 0 aliphatic rings. The monoisotopic (exact) mass is 213 g/mol. The van der Waals surface area contributed by atoms with Crippen molar-refractivity contribution in [2.24, 2.45) is 0 Å². The summed E-state index contributed by atoms with van der Waals surface area (Å²) in [4.78, 5) is 23.6. The molecular weight excluding hydrogens is 202 g/mol. The van der Waals surface area contributed by atoms with Crippen molar-refractivity contribution in [1.82, 2.24) is 25.5 Å². The molecule has 1 aromatic rings. The van der Waals surface area contributed by atoms with Crippen molar-refractivity contribution in [1.29, 1.82) is 0 Å². The Morgan fingerprint density at radius 3 is 2.47 bits per heavy atom. The second kappa shape index (κ2) is 3.64. The van der Waals surface area contributed by atoms with Gasteiger partial charge in [0.2, 0.25) is 0 Å². The maximum atomic E-state index is 11.6. The van der Waals surface area contributed by atoms with Crippen molar-refractivity contribution in [2.75, 3.05) is 7.05 Å². The smallest absolute Gasteiger partial charge is 0.329 e. The minimum atomic E-state index is -1.32. The van der Waals surface area contributed by atoms with Crippen molar-refractivity contribution in [3.8, 4) is 0 Å². The summed E-state index contributed by atoms with van der Waals surface area (Å²) in [5.41, 5.74) is -1.32. The van der Waals surface area contributed by atoms with Crippen molar-refractivity contribution in [2.45, 2.75) is 19.4 Å². The Kier molecular flexibility index (Phi) is 2.69. The van der Waals surface area contributed by atoms with Crippen LogP contribution in [-0.2, 0) is 4.79 Å². The molecule has 0 unspecified atom stereocenters. The second-order valence-electron chi connectivity index (χ2n) is 3.46. The van der Waals surface area contributed by atoms with Crippen LogP contribution in [0.15, 0.2) is 0 Å². The highest BCUT2D eigenvalue weighted by atomic mass is 16.4. The van der Waals surface area contributed by atoms with Crippen LogP contribution in [0, 0.1) is 0 Å². The van der Waals surface area contributed by atoms with Gasteiger partial charge in [0.25, 0.3) is 11.7 Å². The van der Waals surface area contributed by atoms with E-state index in [0.29, 0.717) is 0 Å². The molecule has 0 fully saturated rings. The quantitative estimate of drug-likeness (QED) is 0.675. The third kappa shape index (κ3) is 1.92. The van der Waals surface area contributed by atoms with Gasteiger partial charge in [-0.1, -0.05) is 0 Å². The molecule has 82 valence electrons. The van der Waals surface area contributed by atoms with Crippen LogP contribution in [0.4, 0.5) is 0 Å². The molecule has 0 aromatic carbocycles. The summed E-state index contributed by atoms with van der Waals surface area (Å²) >= 11 is 0. The van der Waals surface area contributed by atoms with E-state index < -0.39 is 17.4 Å². The van der Waals surface area contributed by atoms with E-state index in [-0.39, 0.29) is 5.82 Å². The van der Waals surface area contributed by atoms with Crippen LogP contribution in [0.3, 0.4) is 0 Å². The summed E-state index contributed by atoms with van der Waals surface area (Å²) in [6, 6.07) is 0. The third-order valence-electron chi connectivity index (χ3n) is 2.20. The van der Waals surface area contributed by atoms with Gasteiger partial charge in [0.1, 0.15) is 5.54 Å². The molecule has 2 N–H and O–H groups in total. The Bertz CT molecular complexity index is 372. The number of hydrogen-bond donors (Lipinski definition) is 2. The maximum Gasteiger partial charge on any atom is 0.329 e. The van der Waals surface area contributed by atoms with Gasteiger partial charge in [0, 0.05) is 7.05 Å². The summed E-state index contributed by atoms with van der Waals surface area (Å²) in [6.45, 7) is 2.82. The number of carboxylic acid groups (broad SMARTS) is 1. The van der Waals surface area contributed by atoms with Gasteiger partial charge >= 0.3 is 5.97 Å². The van der Waals surface area contributed by atoms with Crippen LogP contribution in [-0.4, -0.2) is 55.1 Å². The molecule has 0 atom stereocenters. The number of likely N-dealkylation sites (N-methyl/N-ethyl adjacent to an activating group) is 1. The average Bonchev–Trinajstić information content (AvgIpc) is 2.67. The molecule has 0 bridgehead atoms. The Morgan fingerprint density at radius 2 is 2.07 bits per heavy atom. The molecular formula is C7H11N5O3. The summed E-state index contributed by atoms with van der Waals surface area (Å²) in [7, 11) is 1.37. The SMILES string of the molecule is CN(C(=O)c1nn[nH]n1)C(C)(C)C(=O)O. The van der Waals surface area contributed by atoms with E-state index in [1.54, 1.807) is 0 Å². The number of hydrogen-bond acceptors (Lipinski definition) is 5. The fraction of sp³-hybridized carbons (Fsp3) is 0.571. The first-order valence-corrected chi connectivity index (χ1v) is 4.12. The summed E-state index contributed by atoms with van der Waals surface area (Å²) in [6.07, 6.45) is 0. The standard InChI is InChI=1S/C7H11N5O3/c1-7(2,6(14)15)12(3)5(13)4-8-10-11-9-4/h1-3H3,(H,14,15)(H,8,9,10,11).